The van der Waals surface area contributed by atoms with Crippen molar-refractivity contribution in [3.63, 3.8) is 0 Å². The third kappa shape index (κ3) is 6.58. The number of nitrogens with zero attached hydrogens (tertiary/aromatic N) is 2. The average molecular weight is 622 g/mol. The molecule has 3 aliphatic heterocycles. The SMILES string of the molecule is C=CCCC(=O)OC[C@H](NC(=O)[C@@H]1[C@H]2C(=O)N(CCCO)[C@H](C(=O)N(CC=C)C3CCCCC3)[C@]23CC[C@H]1O3)c1ccccc1. The molecule has 3 amide bonds. The number of nitrogens with one attached hydrogen (secondary N) is 1. The van der Waals surface area contributed by atoms with Gasteiger partial charge in [-0.2, -0.15) is 0 Å². The summed E-state index contributed by atoms with van der Waals surface area (Å²) in [5.41, 5.74) is -0.354. The second kappa shape index (κ2) is 14.7. The Labute approximate surface area is 265 Å². The number of hydrogen-bond acceptors (Lipinski definition) is 7. The summed E-state index contributed by atoms with van der Waals surface area (Å²) in [6, 6.07) is 7.83. The van der Waals surface area contributed by atoms with Crippen LogP contribution in [0.25, 0.3) is 0 Å². The molecule has 5 rings (SSSR count). The zero-order valence-electron chi connectivity index (χ0n) is 26.1. The van der Waals surface area contributed by atoms with Crippen LogP contribution in [0.3, 0.4) is 0 Å². The fourth-order valence-electron chi connectivity index (χ4n) is 7.96. The maximum Gasteiger partial charge on any atom is 0.306 e. The fourth-order valence-corrected chi connectivity index (χ4v) is 7.96. The first-order valence-corrected chi connectivity index (χ1v) is 16.5. The van der Waals surface area contributed by atoms with E-state index in [-0.39, 0.29) is 55.9 Å². The molecule has 10 heteroatoms. The highest BCUT2D eigenvalue weighted by Crippen LogP contribution is 2.58. The summed E-state index contributed by atoms with van der Waals surface area (Å²) in [4.78, 5) is 58.7. The average Bonchev–Trinajstić information content (AvgIpc) is 3.71. The maximum atomic E-state index is 14.5. The zero-order chi connectivity index (χ0) is 32.0. The quantitative estimate of drug-likeness (QED) is 0.227. The molecular weight excluding hydrogens is 574 g/mol. The molecule has 1 aliphatic carbocycles. The minimum absolute atomic E-state index is 0.0602. The molecule has 10 nitrogen and oxygen atoms in total. The van der Waals surface area contributed by atoms with E-state index in [1.165, 1.54) is 0 Å². The number of esters is 1. The van der Waals surface area contributed by atoms with Crippen molar-refractivity contribution in [2.24, 2.45) is 11.8 Å². The summed E-state index contributed by atoms with van der Waals surface area (Å²) < 4.78 is 12.1. The predicted octanol–water partition coefficient (Wildman–Crippen LogP) is 3.46. The second-order valence-corrected chi connectivity index (χ2v) is 12.7. The Kier molecular flexibility index (Phi) is 10.8. The molecule has 2 N–H and O–H groups in total. The number of carbonyl (C=O) groups is 4. The van der Waals surface area contributed by atoms with E-state index in [2.05, 4.69) is 18.5 Å². The highest BCUT2D eigenvalue weighted by molar-refractivity contribution is 5.99. The summed E-state index contributed by atoms with van der Waals surface area (Å²) >= 11 is 0. The van der Waals surface area contributed by atoms with Gasteiger partial charge in [-0.25, -0.2) is 0 Å². The van der Waals surface area contributed by atoms with Crippen LogP contribution in [0.4, 0.5) is 0 Å². The van der Waals surface area contributed by atoms with E-state index in [4.69, 9.17) is 9.47 Å². The van der Waals surface area contributed by atoms with Crippen LogP contribution in [0, 0.1) is 11.8 Å². The normalized spacial score (nSPS) is 27.9. The molecule has 6 atom stereocenters. The molecular formula is C35H47N3O7. The number of amides is 3. The van der Waals surface area contributed by atoms with Gasteiger partial charge >= 0.3 is 5.97 Å². The van der Waals surface area contributed by atoms with E-state index in [1.54, 1.807) is 17.1 Å². The first-order chi connectivity index (χ1) is 21.9. The standard InChI is InChI=1S/C35H47N3O7/c1-3-5-17-28(40)44-23-26(24-13-8-6-9-14-24)36-32(41)29-27-18-19-35(45-27)30(29)33(42)38(21-12-22-39)31(35)34(43)37(20-4-2)25-15-10-7-11-16-25/h3-4,6,8-9,13-14,25-27,29-31,39H,1-2,5,7,10-12,15-23H2,(H,36,41)/t26-,27+,29-,30-,31+,35-/m0/s1. The van der Waals surface area contributed by atoms with Crippen molar-refractivity contribution in [2.45, 2.75) is 94.0 Å². The van der Waals surface area contributed by atoms with Crippen molar-refractivity contribution in [2.75, 3.05) is 26.3 Å². The lowest BCUT2D eigenvalue weighted by molar-refractivity contribution is -0.150. The Bertz CT molecular complexity index is 1250. The predicted molar refractivity (Wildman–Crippen MR) is 168 cm³/mol. The van der Waals surface area contributed by atoms with Crippen molar-refractivity contribution in [1.82, 2.24) is 15.1 Å². The van der Waals surface area contributed by atoms with Gasteiger partial charge in [0.1, 0.15) is 18.2 Å². The van der Waals surface area contributed by atoms with Gasteiger partial charge in [0.25, 0.3) is 0 Å². The van der Waals surface area contributed by atoms with Gasteiger partial charge in [-0.3, -0.25) is 19.2 Å². The molecule has 1 aromatic carbocycles. The largest absolute Gasteiger partial charge is 0.463 e. The van der Waals surface area contributed by atoms with Crippen molar-refractivity contribution in [3.8, 4) is 0 Å². The summed E-state index contributed by atoms with van der Waals surface area (Å²) in [6.45, 7) is 7.93. The van der Waals surface area contributed by atoms with Gasteiger partial charge in [0, 0.05) is 32.2 Å². The molecule has 244 valence electrons. The van der Waals surface area contributed by atoms with Crippen molar-refractivity contribution in [3.05, 3.63) is 61.2 Å². The summed E-state index contributed by atoms with van der Waals surface area (Å²) in [7, 11) is 0. The van der Waals surface area contributed by atoms with Gasteiger partial charge in [-0.05, 0) is 44.1 Å². The van der Waals surface area contributed by atoms with Gasteiger partial charge in [0.2, 0.25) is 17.7 Å². The van der Waals surface area contributed by atoms with Gasteiger partial charge < -0.3 is 29.7 Å². The molecule has 1 spiro atoms. The molecule has 3 saturated heterocycles. The molecule has 0 unspecified atom stereocenters. The van der Waals surface area contributed by atoms with Gasteiger partial charge in [-0.15, -0.1) is 13.2 Å². The van der Waals surface area contributed by atoms with Crippen LogP contribution in [0.1, 0.15) is 75.8 Å². The number of hydrogen-bond donors (Lipinski definition) is 2. The minimum Gasteiger partial charge on any atom is -0.463 e. The summed E-state index contributed by atoms with van der Waals surface area (Å²) in [6.07, 6.45) is 9.96. The van der Waals surface area contributed by atoms with Crippen LogP contribution in [0.2, 0.25) is 0 Å². The maximum absolute atomic E-state index is 14.5. The molecule has 1 saturated carbocycles. The molecule has 1 aromatic rings. The number of rotatable bonds is 15. The van der Waals surface area contributed by atoms with E-state index in [1.807, 2.05) is 35.2 Å². The molecule has 0 radical (unpaired) electrons. The van der Waals surface area contributed by atoms with Crippen LogP contribution in [0.15, 0.2) is 55.6 Å². The van der Waals surface area contributed by atoms with Crippen LogP contribution >= 0.6 is 0 Å². The van der Waals surface area contributed by atoms with E-state index >= 15 is 0 Å². The monoisotopic (exact) mass is 621 g/mol. The van der Waals surface area contributed by atoms with Crippen LogP contribution in [-0.2, 0) is 28.7 Å². The number of aliphatic hydroxyl groups is 1. The van der Waals surface area contributed by atoms with Crippen LogP contribution in [-0.4, -0.2) is 88.7 Å². The third-order valence-corrected chi connectivity index (χ3v) is 10.0. The Balaban J connectivity index is 1.41. The lowest BCUT2D eigenvalue weighted by Gasteiger charge is -2.40. The number of allylic oxidation sites excluding steroid dienone is 1. The third-order valence-electron chi connectivity index (χ3n) is 10.0. The first kappa shape index (κ1) is 32.9. The molecule has 45 heavy (non-hydrogen) atoms. The first-order valence-electron chi connectivity index (χ1n) is 16.5. The molecule has 4 aliphatic rings. The fraction of sp³-hybridized carbons (Fsp3) is 0.600. The van der Waals surface area contributed by atoms with Gasteiger partial charge in [-0.1, -0.05) is 61.7 Å². The number of carbonyl (C=O) groups excluding carboxylic acids is 4. The van der Waals surface area contributed by atoms with Gasteiger partial charge in [0.15, 0.2) is 0 Å². The Morgan fingerprint density at radius 3 is 2.58 bits per heavy atom. The Morgan fingerprint density at radius 2 is 1.89 bits per heavy atom. The highest BCUT2D eigenvalue weighted by Gasteiger charge is 2.74. The van der Waals surface area contributed by atoms with E-state index in [0.717, 1.165) is 37.7 Å². The topological polar surface area (TPSA) is 125 Å². The van der Waals surface area contributed by atoms with Crippen molar-refractivity contribution < 1.29 is 33.8 Å². The summed E-state index contributed by atoms with van der Waals surface area (Å²) in [5, 5.41) is 12.7. The van der Waals surface area contributed by atoms with E-state index in [9.17, 15) is 24.3 Å². The van der Waals surface area contributed by atoms with Crippen molar-refractivity contribution >= 4 is 23.7 Å². The van der Waals surface area contributed by atoms with Crippen molar-refractivity contribution in [1.29, 1.82) is 0 Å². The smallest absolute Gasteiger partial charge is 0.306 e. The zero-order valence-corrected chi connectivity index (χ0v) is 26.1. The second-order valence-electron chi connectivity index (χ2n) is 12.7. The van der Waals surface area contributed by atoms with Crippen LogP contribution in [0.5, 0.6) is 0 Å². The Morgan fingerprint density at radius 1 is 1.13 bits per heavy atom. The number of fused-ring (bicyclic) bond motifs is 1. The molecule has 2 bridgehead atoms. The van der Waals surface area contributed by atoms with E-state index in [0.29, 0.717) is 32.2 Å². The molecule has 4 fully saturated rings. The molecule has 3 heterocycles. The number of benzene rings is 1. The lowest BCUT2D eigenvalue weighted by Crippen LogP contribution is -2.58. The van der Waals surface area contributed by atoms with Crippen LogP contribution < -0.4 is 5.32 Å². The van der Waals surface area contributed by atoms with E-state index < -0.39 is 35.6 Å². The number of aliphatic hydroxyl groups excluding tert-OH is 1. The van der Waals surface area contributed by atoms with Gasteiger partial charge in [0.05, 0.1) is 24.0 Å². The lowest BCUT2D eigenvalue weighted by atomic mass is 9.70. The number of ether oxygens (including phenoxy) is 2. The highest BCUT2D eigenvalue weighted by atomic mass is 16.5. The number of likely N-dealkylation sites (tertiary alicyclic amines) is 1. The summed E-state index contributed by atoms with van der Waals surface area (Å²) in [5.74, 6) is -2.81. The molecule has 0 aromatic heterocycles. The minimum atomic E-state index is -1.12. The Hall–Kier alpha value is -3.50.